The van der Waals surface area contributed by atoms with Crippen molar-refractivity contribution < 1.29 is 29.4 Å². The van der Waals surface area contributed by atoms with Gasteiger partial charge in [0.2, 0.25) is 17.7 Å². The van der Waals surface area contributed by atoms with E-state index in [4.69, 9.17) is 22.3 Å². The van der Waals surface area contributed by atoms with Gasteiger partial charge in [-0.05, 0) is 70.0 Å². The second-order valence-electron chi connectivity index (χ2n) is 7.66. The zero-order chi connectivity index (χ0) is 25.2. The SMILES string of the molecule is CSCCC(NC(=O)C(CCCCN)NC(=O)C(N)CO)C(=O)NC(CCCCN)C(=O)O. The number of rotatable bonds is 19. The molecule has 0 aliphatic rings. The number of carboxylic acids is 1. The van der Waals surface area contributed by atoms with Crippen LogP contribution in [-0.4, -0.2) is 89.8 Å². The standard InChI is InChI=1S/C20H40N6O6S/c1-33-11-8-15(19(30)26-16(20(31)32)7-3-5-10-22)25-18(29)14(6-2-4-9-21)24-17(28)13(23)12-27/h13-16,27H,2-12,21-23H2,1H3,(H,24,28)(H,25,29)(H,26,30)(H,31,32). The summed E-state index contributed by atoms with van der Waals surface area (Å²) < 4.78 is 0. The first-order chi connectivity index (χ1) is 15.7. The van der Waals surface area contributed by atoms with E-state index >= 15 is 0 Å². The molecule has 192 valence electrons. The highest BCUT2D eigenvalue weighted by Gasteiger charge is 2.29. The minimum absolute atomic E-state index is 0.221. The number of hydrogen-bond acceptors (Lipinski definition) is 9. The number of nitrogens with one attached hydrogen (secondary N) is 3. The fraction of sp³-hybridized carbons (Fsp3) is 0.800. The van der Waals surface area contributed by atoms with Gasteiger partial charge in [0.15, 0.2) is 0 Å². The lowest BCUT2D eigenvalue weighted by Crippen LogP contribution is -2.57. The van der Waals surface area contributed by atoms with Crippen LogP contribution in [0.1, 0.15) is 44.9 Å². The Balaban J connectivity index is 5.34. The second kappa shape index (κ2) is 18.5. The molecule has 0 aromatic carbocycles. The van der Waals surface area contributed by atoms with E-state index < -0.39 is 54.5 Å². The Bertz CT molecular complexity index is 612. The summed E-state index contributed by atoms with van der Waals surface area (Å²) in [5.41, 5.74) is 16.5. The summed E-state index contributed by atoms with van der Waals surface area (Å²) in [7, 11) is 0. The molecule has 0 saturated carbocycles. The molecule has 0 aliphatic carbocycles. The molecule has 0 rings (SSSR count). The first-order valence-corrected chi connectivity index (χ1v) is 12.5. The molecule has 0 spiro atoms. The van der Waals surface area contributed by atoms with E-state index in [1.165, 1.54) is 11.8 Å². The van der Waals surface area contributed by atoms with Gasteiger partial charge in [-0.25, -0.2) is 4.79 Å². The maximum absolute atomic E-state index is 12.9. The highest BCUT2D eigenvalue weighted by Crippen LogP contribution is 2.07. The summed E-state index contributed by atoms with van der Waals surface area (Å²) in [4.78, 5) is 49.4. The molecule has 4 unspecified atom stereocenters. The van der Waals surface area contributed by atoms with Crippen LogP contribution in [0.4, 0.5) is 0 Å². The first kappa shape index (κ1) is 31.1. The van der Waals surface area contributed by atoms with Gasteiger partial charge in [-0.1, -0.05) is 0 Å². The topological polar surface area (TPSA) is 223 Å². The van der Waals surface area contributed by atoms with Gasteiger partial charge in [0.05, 0.1) is 6.61 Å². The Morgan fingerprint density at radius 3 is 1.70 bits per heavy atom. The number of aliphatic carboxylic acids is 1. The number of aliphatic hydroxyl groups excluding tert-OH is 1. The van der Waals surface area contributed by atoms with Crippen molar-refractivity contribution >= 4 is 35.5 Å². The average Bonchev–Trinajstić information content (AvgIpc) is 2.79. The Morgan fingerprint density at radius 1 is 0.788 bits per heavy atom. The highest BCUT2D eigenvalue weighted by molar-refractivity contribution is 7.98. The predicted octanol–water partition coefficient (Wildman–Crippen LogP) is -2.14. The summed E-state index contributed by atoms with van der Waals surface area (Å²) in [5.74, 6) is -2.52. The molecule has 33 heavy (non-hydrogen) atoms. The zero-order valence-corrected chi connectivity index (χ0v) is 20.1. The van der Waals surface area contributed by atoms with E-state index in [2.05, 4.69) is 16.0 Å². The molecular weight excluding hydrogens is 452 g/mol. The number of hydrogen-bond donors (Lipinski definition) is 8. The average molecular weight is 493 g/mol. The van der Waals surface area contributed by atoms with E-state index in [-0.39, 0.29) is 19.3 Å². The number of amides is 3. The van der Waals surface area contributed by atoms with Crippen LogP contribution in [0.5, 0.6) is 0 Å². The summed E-state index contributed by atoms with van der Waals surface area (Å²) >= 11 is 1.47. The van der Waals surface area contributed by atoms with Gasteiger partial charge in [0.25, 0.3) is 0 Å². The number of carboxylic acid groups (broad SMARTS) is 1. The van der Waals surface area contributed by atoms with Crippen LogP contribution in [0.2, 0.25) is 0 Å². The Morgan fingerprint density at radius 2 is 1.24 bits per heavy atom. The number of nitrogens with two attached hydrogens (primary N) is 3. The van der Waals surface area contributed by atoms with Crippen molar-refractivity contribution in [1.29, 1.82) is 0 Å². The summed E-state index contributed by atoms with van der Waals surface area (Å²) in [6.45, 7) is 0.254. The van der Waals surface area contributed by atoms with Crippen molar-refractivity contribution in [3.05, 3.63) is 0 Å². The van der Waals surface area contributed by atoms with Gasteiger partial charge >= 0.3 is 5.97 Å². The van der Waals surface area contributed by atoms with Crippen LogP contribution in [-0.2, 0) is 19.2 Å². The van der Waals surface area contributed by atoms with E-state index in [9.17, 15) is 24.3 Å². The first-order valence-electron chi connectivity index (χ1n) is 11.1. The van der Waals surface area contributed by atoms with Crippen molar-refractivity contribution in [2.45, 2.75) is 69.1 Å². The summed E-state index contributed by atoms with van der Waals surface area (Å²) in [5, 5.41) is 26.1. The van der Waals surface area contributed by atoms with Crippen LogP contribution in [0.25, 0.3) is 0 Å². The molecule has 0 aliphatic heterocycles. The van der Waals surface area contributed by atoms with Crippen LogP contribution in [0.15, 0.2) is 0 Å². The minimum Gasteiger partial charge on any atom is -0.480 e. The van der Waals surface area contributed by atoms with Gasteiger partial charge in [-0.3, -0.25) is 14.4 Å². The molecule has 11 N–H and O–H groups in total. The summed E-state index contributed by atoms with van der Waals surface area (Å²) in [6.07, 6.45) is 4.95. The lowest BCUT2D eigenvalue weighted by Gasteiger charge is -2.25. The van der Waals surface area contributed by atoms with Crippen molar-refractivity contribution in [1.82, 2.24) is 16.0 Å². The fourth-order valence-corrected chi connectivity index (χ4v) is 3.39. The molecule has 0 saturated heterocycles. The molecule has 3 amide bonds. The molecule has 0 heterocycles. The van der Waals surface area contributed by atoms with E-state index in [0.717, 1.165) is 0 Å². The number of aliphatic hydroxyl groups is 1. The van der Waals surface area contributed by atoms with Gasteiger partial charge < -0.3 is 43.4 Å². The second-order valence-corrected chi connectivity index (χ2v) is 8.65. The van der Waals surface area contributed by atoms with Crippen LogP contribution in [0, 0.1) is 0 Å². The maximum atomic E-state index is 12.9. The molecule has 0 aromatic heterocycles. The Kier molecular flexibility index (Phi) is 17.4. The van der Waals surface area contributed by atoms with Gasteiger partial charge in [-0.15, -0.1) is 0 Å². The highest BCUT2D eigenvalue weighted by atomic mass is 32.2. The van der Waals surface area contributed by atoms with Crippen LogP contribution >= 0.6 is 11.8 Å². The summed E-state index contributed by atoms with van der Waals surface area (Å²) in [6, 6.07) is -4.25. The van der Waals surface area contributed by atoms with E-state index in [1.807, 2.05) is 6.26 Å². The largest absolute Gasteiger partial charge is 0.480 e. The lowest BCUT2D eigenvalue weighted by molar-refractivity contribution is -0.142. The maximum Gasteiger partial charge on any atom is 0.326 e. The third-order valence-electron chi connectivity index (χ3n) is 4.92. The molecule has 13 heteroatoms. The minimum atomic E-state index is -1.18. The molecular formula is C20H40N6O6S. The van der Waals surface area contributed by atoms with Crippen LogP contribution < -0.4 is 33.2 Å². The Hall–Kier alpha value is -1.93. The van der Waals surface area contributed by atoms with Gasteiger partial charge in [0, 0.05) is 0 Å². The van der Waals surface area contributed by atoms with E-state index in [0.29, 0.717) is 44.5 Å². The monoisotopic (exact) mass is 492 g/mol. The molecule has 0 bridgehead atoms. The van der Waals surface area contributed by atoms with Gasteiger partial charge in [0.1, 0.15) is 24.2 Å². The third kappa shape index (κ3) is 13.4. The predicted molar refractivity (Wildman–Crippen MR) is 127 cm³/mol. The van der Waals surface area contributed by atoms with Crippen LogP contribution in [0.3, 0.4) is 0 Å². The number of carbonyl (C=O) groups excluding carboxylic acids is 3. The lowest BCUT2D eigenvalue weighted by atomic mass is 10.1. The van der Waals surface area contributed by atoms with Crippen molar-refractivity contribution in [2.75, 3.05) is 31.7 Å². The molecule has 12 nitrogen and oxygen atoms in total. The third-order valence-corrected chi connectivity index (χ3v) is 5.56. The number of unbranched alkanes of at least 4 members (excludes halogenated alkanes) is 2. The van der Waals surface area contributed by atoms with Gasteiger partial charge in [-0.2, -0.15) is 11.8 Å². The quantitative estimate of drug-likeness (QED) is 0.0913. The zero-order valence-electron chi connectivity index (χ0n) is 19.3. The Labute approximate surface area is 199 Å². The molecule has 0 fully saturated rings. The normalized spacial score (nSPS) is 14.6. The fourth-order valence-electron chi connectivity index (χ4n) is 2.92. The molecule has 0 aromatic rings. The molecule has 0 radical (unpaired) electrons. The number of carbonyl (C=O) groups is 4. The van der Waals surface area contributed by atoms with Crippen molar-refractivity contribution in [3.63, 3.8) is 0 Å². The van der Waals surface area contributed by atoms with E-state index in [1.54, 1.807) is 0 Å². The molecule has 4 atom stereocenters. The number of thioether (sulfide) groups is 1. The smallest absolute Gasteiger partial charge is 0.326 e. The van der Waals surface area contributed by atoms with Crippen molar-refractivity contribution in [3.8, 4) is 0 Å². The van der Waals surface area contributed by atoms with Crippen molar-refractivity contribution in [2.24, 2.45) is 17.2 Å².